The van der Waals surface area contributed by atoms with E-state index >= 15 is 0 Å². The molecular formula is C63H66N2O2. The van der Waals surface area contributed by atoms with E-state index in [1.165, 1.54) is 38.9 Å². The summed E-state index contributed by atoms with van der Waals surface area (Å²) in [7, 11) is 0. The molecule has 2 N–H and O–H groups in total. The number of benzene rings is 8. The van der Waals surface area contributed by atoms with Gasteiger partial charge < -0.3 is 20.0 Å². The van der Waals surface area contributed by atoms with Crippen molar-refractivity contribution in [2.24, 2.45) is 0 Å². The van der Waals surface area contributed by atoms with Crippen LogP contribution in [0.2, 0.25) is 0 Å². The van der Waals surface area contributed by atoms with Crippen molar-refractivity contribution in [2.75, 3.05) is 9.80 Å². The molecule has 8 aromatic carbocycles. The molecule has 0 spiro atoms. The van der Waals surface area contributed by atoms with Gasteiger partial charge in [-0.15, -0.1) is 0 Å². The van der Waals surface area contributed by atoms with E-state index in [2.05, 4.69) is 230 Å². The van der Waals surface area contributed by atoms with E-state index in [-0.39, 0.29) is 0 Å². The Balaban J connectivity index is 1.05. The van der Waals surface area contributed by atoms with Crippen molar-refractivity contribution in [1.82, 2.24) is 0 Å². The Kier molecular flexibility index (Phi) is 13.8. The molecule has 0 atom stereocenters. The van der Waals surface area contributed by atoms with Crippen LogP contribution in [-0.2, 0) is 19.3 Å². The lowest BCUT2D eigenvalue weighted by Gasteiger charge is -2.27. The zero-order valence-electron chi connectivity index (χ0n) is 41.1. The molecule has 0 fully saturated rings. The highest BCUT2D eigenvalue weighted by molar-refractivity contribution is 5.78. The van der Waals surface area contributed by atoms with Gasteiger partial charge in [-0.05, 0) is 198 Å². The maximum atomic E-state index is 12.0. The zero-order chi connectivity index (χ0) is 47.5. The highest BCUT2D eigenvalue weighted by Gasteiger charge is 2.19. The number of phenolic OH excluding ortho intramolecular Hbond substituents is 2. The molecule has 0 heterocycles. The monoisotopic (exact) mass is 883 g/mol. The first-order valence-electron chi connectivity index (χ1n) is 23.9. The predicted octanol–water partition coefficient (Wildman–Crippen LogP) is 16.9. The summed E-state index contributed by atoms with van der Waals surface area (Å²) in [5.41, 5.74) is 22.4. The predicted molar refractivity (Wildman–Crippen MR) is 283 cm³/mol. The van der Waals surface area contributed by atoms with Gasteiger partial charge in [-0.3, -0.25) is 0 Å². The molecule has 0 amide bonds. The fourth-order valence-electron chi connectivity index (χ4n) is 9.01. The standard InChI is InChI=1S/C63H66N2O2/c1-40(2)51-31-47(10)62(66)53(37-51)34-48-15-25-58(26-16-48)65(61-24-14-44(7)46(9)33-61)59-29-19-50(20-30-59)36-55-39-52(41(3)4)38-54(63(55)67)35-49-17-27-57(28-18-49)64(56-21-11-42(5)12-22-56)60-23-13-43(6)45(8)32-60/h11-33,37-41,66-67H,34-36H2,1-10H3. The van der Waals surface area contributed by atoms with Crippen molar-refractivity contribution in [3.63, 3.8) is 0 Å². The number of aromatic hydroxyl groups is 2. The lowest BCUT2D eigenvalue weighted by atomic mass is 9.91. The second-order valence-corrected chi connectivity index (χ2v) is 19.4. The fourth-order valence-corrected chi connectivity index (χ4v) is 9.01. The number of nitrogens with zero attached hydrogens (tertiary/aromatic N) is 2. The second kappa shape index (κ2) is 19.8. The number of hydrogen-bond donors (Lipinski definition) is 2. The Bertz CT molecular complexity index is 3000. The number of rotatable bonds is 14. The molecule has 8 rings (SSSR count). The highest BCUT2D eigenvalue weighted by atomic mass is 16.3. The first kappa shape index (κ1) is 46.5. The Morgan fingerprint density at radius 2 is 0.642 bits per heavy atom. The third kappa shape index (κ3) is 10.5. The molecule has 8 aromatic rings. The largest absolute Gasteiger partial charge is 0.507 e. The molecule has 67 heavy (non-hydrogen) atoms. The fraction of sp³-hybridized carbons (Fsp3) is 0.238. The lowest BCUT2D eigenvalue weighted by molar-refractivity contribution is 0.463. The molecule has 0 saturated carbocycles. The van der Waals surface area contributed by atoms with E-state index in [1.54, 1.807) is 0 Å². The topological polar surface area (TPSA) is 46.9 Å². The van der Waals surface area contributed by atoms with Crippen LogP contribution in [0.5, 0.6) is 11.5 Å². The molecule has 0 saturated heterocycles. The Labute approximate surface area is 399 Å². The van der Waals surface area contributed by atoms with Crippen molar-refractivity contribution in [3.8, 4) is 11.5 Å². The summed E-state index contributed by atoms with van der Waals surface area (Å²) in [4.78, 5) is 4.62. The van der Waals surface area contributed by atoms with Crippen molar-refractivity contribution in [1.29, 1.82) is 0 Å². The normalized spacial score (nSPS) is 11.4. The van der Waals surface area contributed by atoms with Crippen LogP contribution in [0.3, 0.4) is 0 Å². The Morgan fingerprint density at radius 1 is 0.328 bits per heavy atom. The van der Waals surface area contributed by atoms with Crippen LogP contribution >= 0.6 is 0 Å². The minimum atomic E-state index is 0.307. The summed E-state index contributed by atoms with van der Waals surface area (Å²) in [6.45, 7) is 21.6. The zero-order valence-corrected chi connectivity index (χ0v) is 41.1. The van der Waals surface area contributed by atoms with Crippen LogP contribution in [0.25, 0.3) is 0 Å². The molecule has 340 valence electrons. The number of phenols is 2. The molecule has 4 heteroatoms. The van der Waals surface area contributed by atoms with E-state index in [0.717, 1.165) is 73.1 Å². The maximum absolute atomic E-state index is 12.0. The van der Waals surface area contributed by atoms with Crippen molar-refractivity contribution in [2.45, 2.75) is 100 Å². The maximum Gasteiger partial charge on any atom is 0.122 e. The smallest absolute Gasteiger partial charge is 0.122 e. The molecule has 0 aliphatic carbocycles. The van der Waals surface area contributed by atoms with Crippen LogP contribution < -0.4 is 9.80 Å². The van der Waals surface area contributed by atoms with Gasteiger partial charge in [0.2, 0.25) is 0 Å². The van der Waals surface area contributed by atoms with Gasteiger partial charge >= 0.3 is 0 Å². The van der Waals surface area contributed by atoms with E-state index < -0.39 is 0 Å². The molecule has 0 aromatic heterocycles. The average Bonchev–Trinajstić information content (AvgIpc) is 3.31. The Hall–Kier alpha value is -7.04. The molecule has 0 radical (unpaired) electrons. The van der Waals surface area contributed by atoms with Crippen LogP contribution in [0, 0.1) is 41.5 Å². The number of hydrogen-bond acceptors (Lipinski definition) is 4. The molecule has 4 nitrogen and oxygen atoms in total. The van der Waals surface area contributed by atoms with E-state index in [9.17, 15) is 10.2 Å². The first-order chi connectivity index (χ1) is 32.1. The van der Waals surface area contributed by atoms with Crippen LogP contribution in [0.1, 0.15) is 117 Å². The van der Waals surface area contributed by atoms with Crippen LogP contribution in [-0.4, -0.2) is 10.2 Å². The minimum Gasteiger partial charge on any atom is -0.507 e. The molecule has 0 unspecified atom stereocenters. The summed E-state index contributed by atoms with van der Waals surface area (Å²) in [5.74, 6) is 1.44. The summed E-state index contributed by atoms with van der Waals surface area (Å²) < 4.78 is 0. The van der Waals surface area contributed by atoms with Gasteiger partial charge in [0.05, 0.1) is 0 Å². The molecule has 0 aliphatic rings. The SMILES string of the molecule is Cc1ccc(N(c2ccc(Cc3cc(C(C)C)cc(Cc4ccc(N(c5ccc(Cc6cc(C(C)C)cc(C)c6O)cc5)c5ccc(C)c(C)c5)cc4)c3O)cc2)c2ccc(C)c(C)c2)cc1. The van der Waals surface area contributed by atoms with Gasteiger partial charge in [-0.2, -0.15) is 0 Å². The summed E-state index contributed by atoms with van der Waals surface area (Å²) in [6, 6.07) is 56.9. The molecule has 0 aliphatic heterocycles. The lowest BCUT2D eigenvalue weighted by Crippen LogP contribution is -2.10. The van der Waals surface area contributed by atoms with Gasteiger partial charge in [0.15, 0.2) is 0 Å². The Morgan fingerprint density at radius 3 is 0.985 bits per heavy atom. The van der Waals surface area contributed by atoms with Gasteiger partial charge in [-0.25, -0.2) is 0 Å². The number of anilines is 6. The van der Waals surface area contributed by atoms with Crippen molar-refractivity contribution >= 4 is 34.1 Å². The van der Waals surface area contributed by atoms with E-state index in [0.29, 0.717) is 42.6 Å². The minimum absolute atomic E-state index is 0.307. The van der Waals surface area contributed by atoms with Gasteiger partial charge in [0, 0.05) is 53.4 Å². The van der Waals surface area contributed by atoms with Crippen LogP contribution in [0.15, 0.2) is 158 Å². The highest BCUT2D eigenvalue weighted by Crippen LogP contribution is 2.39. The van der Waals surface area contributed by atoms with Crippen LogP contribution in [0.4, 0.5) is 34.1 Å². The van der Waals surface area contributed by atoms with Gasteiger partial charge in [-0.1, -0.05) is 118 Å². The third-order valence-corrected chi connectivity index (χ3v) is 13.6. The first-order valence-corrected chi connectivity index (χ1v) is 23.9. The third-order valence-electron chi connectivity index (χ3n) is 13.6. The van der Waals surface area contributed by atoms with Crippen molar-refractivity contribution in [3.05, 3.63) is 236 Å². The van der Waals surface area contributed by atoms with E-state index in [1.807, 2.05) is 6.92 Å². The van der Waals surface area contributed by atoms with Crippen molar-refractivity contribution < 1.29 is 10.2 Å². The summed E-state index contributed by atoms with van der Waals surface area (Å²) in [6.07, 6.45) is 1.90. The molecular weight excluding hydrogens is 817 g/mol. The quantitative estimate of drug-likeness (QED) is 0.114. The second-order valence-electron chi connectivity index (χ2n) is 19.4. The van der Waals surface area contributed by atoms with E-state index in [4.69, 9.17) is 0 Å². The van der Waals surface area contributed by atoms with Gasteiger partial charge in [0.1, 0.15) is 11.5 Å². The van der Waals surface area contributed by atoms with Gasteiger partial charge in [0.25, 0.3) is 0 Å². The molecule has 0 bridgehead atoms. The summed E-state index contributed by atoms with van der Waals surface area (Å²) in [5, 5.41) is 22.9. The number of aryl methyl sites for hydroxylation is 6. The summed E-state index contributed by atoms with van der Waals surface area (Å²) >= 11 is 0. The average molecular weight is 883 g/mol.